The second kappa shape index (κ2) is 9.75. The number of rotatable bonds is 7. The van der Waals surface area contributed by atoms with Crippen LogP contribution in [0, 0.1) is 0 Å². The molecule has 0 heterocycles. The summed E-state index contributed by atoms with van der Waals surface area (Å²) in [6.07, 6.45) is 0.331. The molecule has 2 amide bonds. The number of amides is 2. The Morgan fingerprint density at radius 2 is 1.59 bits per heavy atom. The van der Waals surface area contributed by atoms with E-state index < -0.39 is 11.9 Å². The Morgan fingerprint density at radius 1 is 0.931 bits per heavy atom. The second-order valence-electron chi connectivity index (χ2n) is 6.39. The number of hydrogen-bond acceptors (Lipinski definition) is 3. The molecule has 3 rings (SSSR count). The fourth-order valence-corrected chi connectivity index (χ4v) is 3.13. The van der Waals surface area contributed by atoms with Crippen molar-refractivity contribution in [3.8, 4) is 5.75 Å². The van der Waals surface area contributed by atoms with E-state index in [-0.39, 0.29) is 5.91 Å². The summed E-state index contributed by atoms with van der Waals surface area (Å²) in [6.45, 7) is 0. The van der Waals surface area contributed by atoms with Gasteiger partial charge in [0.1, 0.15) is 11.8 Å². The molecule has 0 aliphatic carbocycles. The molecule has 1 atom stereocenters. The molecule has 148 valence electrons. The molecule has 0 aliphatic rings. The third-order valence-electron chi connectivity index (χ3n) is 4.39. The summed E-state index contributed by atoms with van der Waals surface area (Å²) in [6, 6.07) is 22.5. The second-order valence-corrected chi connectivity index (χ2v) is 6.79. The molecule has 0 fully saturated rings. The molecular weight excluding hydrogens is 388 g/mol. The molecule has 0 aromatic heterocycles. The SMILES string of the molecule is COc1ccccc1NC(=O)C(Cc1ccccc1)NC(=O)c1ccccc1Cl. The number of benzene rings is 3. The molecule has 0 bridgehead atoms. The van der Waals surface area contributed by atoms with E-state index >= 15 is 0 Å². The van der Waals surface area contributed by atoms with Crippen molar-refractivity contribution in [3.05, 3.63) is 95.0 Å². The monoisotopic (exact) mass is 408 g/mol. The largest absolute Gasteiger partial charge is 0.495 e. The van der Waals surface area contributed by atoms with Crippen LogP contribution in [0.1, 0.15) is 15.9 Å². The molecule has 6 heteroatoms. The number of carbonyl (C=O) groups is 2. The summed E-state index contributed by atoms with van der Waals surface area (Å²) >= 11 is 6.13. The van der Waals surface area contributed by atoms with E-state index in [9.17, 15) is 9.59 Å². The smallest absolute Gasteiger partial charge is 0.253 e. The molecule has 2 N–H and O–H groups in total. The summed E-state index contributed by atoms with van der Waals surface area (Å²) in [5.74, 6) is -0.220. The number of halogens is 1. The van der Waals surface area contributed by atoms with Gasteiger partial charge >= 0.3 is 0 Å². The Morgan fingerprint density at radius 3 is 2.31 bits per heavy atom. The number of para-hydroxylation sites is 2. The quantitative estimate of drug-likeness (QED) is 0.611. The highest BCUT2D eigenvalue weighted by Gasteiger charge is 2.23. The summed E-state index contributed by atoms with van der Waals surface area (Å²) in [5.41, 5.74) is 1.77. The van der Waals surface area contributed by atoms with Crippen LogP contribution < -0.4 is 15.4 Å². The minimum absolute atomic E-state index is 0.317. The van der Waals surface area contributed by atoms with Crippen molar-refractivity contribution in [1.29, 1.82) is 0 Å². The molecule has 0 radical (unpaired) electrons. The van der Waals surface area contributed by atoms with Crippen LogP contribution >= 0.6 is 11.6 Å². The molecule has 3 aromatic rings. The predicted molar refractivity (Wildman–Crippen MR) is 114 cm³/mol. The first-order chi connectivity index (χ1) is 14.1. The Kier molecular flexibility index (Phi) is 6.87. The molecule has 0 spiro atoms. The van der Waals surface area contributed by atoms with E-state index in [1.54, 1.807) is 42.5 Å². The number of nitrogens with one attached hydrogen (secondary N) is 2. The zero-order valence-corrected chi connectivity index (χ0v) is 16.6. The van der Waals surface area contributed by atoms with E-state index in [0.29, 0.717) is 28.4 Å². The zero-order valence-electron chi connectivity index (χ0n) is 15.9. The summed E-state index contributed by atoms with van der Waals surface area (Å²) in [5, 5.41) is 5.97. The molecule has 29 heavy (non-hydrogen) atoms. The zero-order chi connectivity index (χ0) is 20.6. The fourth-order valence-electron chi connectivity index (χ4n) is 2.91. The highest BCUT2D eigenvalue weighted by atomic mass is 35.5. The van der Waals surface area contributed by atoms with Crippen molar-refractivity contribution in [2.24, 2.45) is 0 Å². The average Bonchev–Trinajstić information content (AvgIpc) is 2.74. The van der Waals surface area contributed by atoms with Crippen molar-refractivity contribution in [2.75, 3.05) is 12.4 Å². The third kappa shape index (κ3) is 5.36. The van der Waals surface area contributed by atoms with E-state index in [2.05, 4.69) is 10.6 Å². The number of ether oxygens (including phenoxy) is 1. The van der Waals surface area contributed by atoms with Crippen LogP contribution in [0.5, 0.6) is 5.75 Å². The number of anilines is 1. The molecular formula is C23H21ClN2O3. The van der Waals surface area contributed by atoms with Gasteiger partial charge in [-0.05, 0) is 29.8 Å². The Labute approximate surface area is 174 Å². The maximum absolute atomic E-state index is 13.0. The Balaban J connectivity index is 1.83. The molecule has 0 saturated carbocycles. The van der Waals surface area contributed by atoms with Gasteiger partial charge in [0, 0.05) is 6.42 Å². The summed E-state index contributed by atoms with van der Waals surface area (Å²) in [4.78, 5) is 25.8. The van der Waals surface area contributed by atoms with E-state index in [1.165, 1.54) is 7.11 Å². The highest BCUT2D eigenvalue weighted by Crippen LogP contribution is 2.23. The van der Waals surface area contributed by atoms with Crippen LogP contribution in [0.2, 0.25) is 5.02 Å². The van der Waals surface area contributed by atoms with Crippen molar-refractivity contribution in [1.82, 2.24) is 5.32 Å². The predicted octanol–water partition coefficient (Wildman–Crippen LogP) is 4.33. The van der Waals surface area contributed by atoms with Gasteiger partial charge in [-0.3, -0.25) is 9.59 Å². The first-order valence-corrected chi connectivity index (χ1v) is 9.49. The van der Waals surface area contributed by atoms with Crippen LogP contribution in [0.25, 0.3) is 0 Å². The Hall–Kier alpha value is -3.31. The third-order valence-corrected chi connectivity index (χ3v) is 4.72. The van der Waals surface area contributed by atoms with Gasteiger partial charge in [-0.1, -0.05) is 66.2 Å². The van der Waals surface area contributed by atoms with E-state index in [4.69, 9.17) is 16.3 Å². The number of methoxy groups -OCH3 is 1. The number of carbonyl (C=O) groups excluding carboxylic acids is 2. The summed E-state index contributed by atoms with van der Waals surface area (Å²) in [7, 11) is 1.53. The van der Waals surface area contributed by atoms with Crippen LogP contribution in [0.15, 0.2) is 78.9 Å². The molecule has 0 saturated heterocycles. The minimum atomic E-state index is -0.800. The molecule has 3 aromatic carbocycles. The maximum atomic E-state index is 13.0. The van der Waals surface area contributed by atoms with Gasteiger partial charge in [-0.25, -0.2) is 0 Å². The summed E-state index contributed by atoms with van der Waals surface area (Å²) < 4.78 is 5.29. The minimum Gasteiger partial charge on any atom is -0.495 e. The van der Waals surface area contributed by atoms with Gasteiger partial charge in [0.05, 0.1) is 23.4 Å². The average molecular weight is 409 g/mol. The fraction of sp³-hybridized carbons (Fsp3) is 0.130. The van der Waals surface area contributed by atoms with Crippen LogP contribution in [0.3, 0.4) is 0 Å². The first-order valence-electron chi connectivity index (χ1n) is 9.11. The Bertz CT molecular complexity index is 992. The molecule has 1 unspecified atom stereocenters. The molecule has 0 aliphatic heterocycles. The lowest BCUT2D eigenvalue weighted by Crippen LogP contribution is -2.45. The van der Waals surface area contributed by atoms with Gasteiger partial charge < -0.3 is 15.4 Å². The lowest BCUT2D eigenvalue weighted by atomic mass is 10.0. The van der Waals surface area contributed by atoms with E-state index in [0.717, 1.165) is 5.56 Å². The standard InChI is InChI=1S/C23H21ClN2O3/c1-29-21-14-8-7-13-19(21)25-23(28)20(15-16-9-3-2-4-10-16)26-22(27)17-11-5-6-12-18(17)24/h2-14,20H,15H2,1H3,(H,25,28)(H,26,27). The van der Waals surface area contributed by atoms with E-state index in [1.807, 2.05) is 36.4 Å². The maximum Gasteiger partial charge on any atom is 0.253 e. The van der Waals surface area contributed by atoms with Crippen molar-refractivity contribution in [3.63, 3.8) is 0 Å². The van der Waals surface area contributed by atoms with Gasteiger partial charge in [-0.15, -0.1) is 0 Å². The lowest BCUT2D eigenvalue weighted by molar-refractivity contribution is -0.118. The molecule has 5 nitrogen and oxygen atoms in total. The highest BCUT2D eigenvalue weighted by molar-refractivity contribution is 6.33. The van der Waals surface area contributed by atoms with Crippen molar-refractivity contribution < 1.29 is 14.3 Å². The van der Waals surface area contributed by atoms with Crippen LogP contribution in [-0.2, 0) is 11.2 Å². The topological polar surface area (TPSA) is 67.4 Å². The van der Waals surface area contributed by atoms with Gasteiger partial charge in [-0.2, -0.15) is 0 Å². The van der Waals surface area contributed by atoms with Gasteiger partial charge in [0.25, 0.3) is 5.91 Å². The van der Waals surface area contributed by atoms with Gasteiger partial charge in [0.2, 0.25) is 5.91 Å². The van der Waals surface area contributed by atoms with Crippen molar-refractivity contribution in [2.45, 2.75) is 12.5 Å². The van der Waals surface area contributed by atoms with Crippen molar-refractivity contribution >= 4 is 29.1 Å². The van der Waals surface area contributed by atoms with Gasteiger partial charge in [0.15, 0.2) is 0 Å². The normalized spacial score (nSPS) is 11.4. The van der Waals surface area contributed by atoms with Crippen LogP contribution in [0.4, 0.5) is 5.69 Å². The first kappa shape index (κ1) is 20.4. The van der Waals surface area contributed by atoms with Crippen LogP contribution in [-0.4, -0.2) is 25.0 Å². The lowest BCUT2D eigenvalue weighted by Gasteiger charge is -2.20. The number of hydrogen-bond donors (Lipinski definition) is 2.